The van der Waals surface area contributed by atoms with Gasteiger partial charge >= 0.3 is 0 Å². The molecule has 1 atom stereocenters. The molecule has 2 rings (SSSR count). The van der Waals surface area contributed by atoms with Gasteiger partial charge in [-0.3, -0.25) is 0 Å². The van der Waals surface area contributed by atoms with Gasteiger partial charge in [-0.2, -0.15) is 0 Å². The predicted octanol–water partition coefficient (Wildman–Crippen LogP) is 0.656. The Balaban J connectivity index is 2.11. The third-order valence-corrected chi connectivity index (χ3v) is 2.89. The molecule has 0 spiro atoms. The number of hydrogen-bond donors (Lipinski definition) is 2. The van der Waals surface area contributed by atoms with Crippen LogP contribution in [0.15, 0.2) is 12.5 Å². The largest absolute Gasteiger partial charge is 0.330 e. The quantitative estimate of drug-likeness (QED) is 0.727. The van der Waals surface area contributed by atoms with Crippen LogP contribution in [0, 0.1) is 0 Å². The van der Waals surface area contributed by atoms with Crippen LogP contribution in [0.4, 0.5) is 0 Å². The van der Waals surface area contributed by atoms with Gasteiger partial charge in [-0.05, 0) is 32.4 Å². The normalized spacial score (nSPS) is 23.4. The first-order valence-corrected chi connectivity index (χ1v) is 5.33. The summed E-state index contributed by atoms with van der Waals surface area (Å²) in [5.41, 5.74) is 6.81. The molecule has 4 heteroatoms. The van der Waals surface area contributed by atoms with Crippen LogP contribution in [0.3, 0.4) is 0 Å². The summed E-state index contributed by atoms with van der Waals surface area (Å²) >= 11 is 0. The van der Waals surface area contributed by atoms with Crippen molar-refractivity contribution in [3.05, 3.63) is 18.2 Å². The lowest BCUT2D eigenvalue weighted by Gasteiger charge is -2.17. The van der Waals surface area contributed by atoms with Crippen LogP contribution in [-0.4, -0.2) is 22.6 Å². The number of rotatable bonds is 2. The first-order chi connectivity index (χ1) is 6.92. The summed E-state index contributed by atoms with van der Waals surface area (Å²) in [5.74, 6) is 0. The lowest BCUT2D eigenvalue weighted by Crippen LogP contribution is -2.16. The Morgan fingerprint density at radius 1 is 1.50 bits per heavy atom. The Morgan fingerprint density at radius 2 is 2.43 bits per heavy atom. The van der Waals surface area contributed by atoms with Crippen molar-refractivity contribution in [2.24, 2.45) is 5.73 Å². The van der Waals surface area contributed by atoms with Gasteiger partial charge in [0.1, 0.15) is 0 Å². The highest BCUT2D eigenvalue weighted by atomic mass is 15.1. The summed E-state index contributed by atoms with van der Waals surface area (Å²) in [6, 6.07) is 0.589. The summed E-state index contributed by atoms with van der Waals surface area (Å²) in [6.07, 6.45) is 7.45. The molecular formula is C10H18N4. The van der Waals surface area contributed by atoms with Gasteiger partial charge in [-0.1, -0.05) is 0 Å². The Kier molecular flexibility index (Phi) is 3.16. The minimum Gasteiger partial charge on any atom is -0.330 e. The topological polar surface area (TPSA) is 55.9 Å². The molecule has 1 aromatic heterocycles. The molecule has 78 valence electrons. The van der Waals surface area contributed by atoms with Crippen LogP contribution in [0.1, 0.15) is 31.0 Å². The maximum absolute atomic E-state index is 5.66. The van der Waals surface area contributed by atoms with Crippen molar-refractivity contribution < 1.29 is 0 Å². The molecule has 14 heavy (non-hydrogen) atoms. The van der Waals surface area contributed by atoms with Gasteiger partial charge in [0.15, 0.2) is 0 Å². The maximum Gasteiger partial charge on any atom is 0.0951 e. The standard InChI is InChI=1S/C10H18N4/c11-6-10-7-13-8-14(10)9-2-1-4-12-5-3-9/h7-9,12H,1-6,11H2. The highest BCUT2D eigenvalue weighted by Gasteiger charge is 2.15. The summed E-state index contributed by atoms with van der Waals surface area (Å²) in [6.45, 7) is 2.83. The molecule has 1 aliphatic heterocycles. The zero-order valence-electron chi connectivity index (χ0n) is 8.45. The van der Waals surface area contributed by atoms with Crippen molar-refractivity contribution in [2.75, 3.05) is 13.1 Å². The average Bonchev–Trinajstić information content (AvgIpc) is 2.52. The molecule has 0 amide bonds. The van der Waals surface area contributed by atoms with Gasteiger partial charge in [-0.25, -0.2) is 4.98 Å². The third-order valence-electron chi connectivity index (χ3n) is 2.89. The molecule has 0 saturated carbocycles. The Hall–Kier alpha value is -0.870. The molecule has 1 aliphatic rings. The van der Waals surface area contributed by atoms with E-state index < -0.39 is 0 Å². The lowest BCUT2D eigenvalue weighted by molar-refractivity contribution is 0.442. The van der Waals surface area contributed by atoms with Crippen LogP contribution >= 0.6 is 0 Å². The molecule has 0 radical (unpaired) electrons. The second kappa shape index (κ2) is 4.57. The summed E-state index contributed by atoms with van der Waals surface area (Å²) in [5, 5.41) is 3.41. The van der Waals surface area contributed by atoms with E-state index in [1.807, 2.05) is 12.5 Å². The Morgan fingerprint density at radius 3 is 3.29 bits per heavy atom. The van der Waals surface area contributed by atoms with Crippen molar-refractivity contribution in [1.82, 2.24) is 14.9 Å². The first kappa shape index (κ1) is 9.68. The minimum atomic E-state index is 0.587. The van der Waals surface area contributed by atoms with E-state index in [2.05, 4.69) is 14.9 Å². The molecular weight excluding hydrogens is 176 g/mol. The molecule has 1 unspecified atom stereocenters. The van der Waals surface area contributed by atoms with E-state index in [9.17, 15) is 0 Å². The highest BCUT2D eigenvalue weighted by Crippen LogP contribution is 2.21. The third kappa shape index (κ3) is 1.96. The monoisotopic (exact) mass is 194 g/mol. The van der Waals surface area contributed by atoms with Gasteiger partial charge in [0.25, 0.3) is 0 Å². The number of aromatic nitrogens is 2. The molecule has 0 aliphatic carbocycles. The second-order valence-electron chi connectivity index (χ2n) is 3.83. The van der Waals surface area contributed by atoms with Crippen molar-refractivity contribution in [3.63, 3.8) is 0 Å². The molecule has 1 saturated heterocycles. The van der Waals surface area contributed by atoms with E-state index in [0.29, 0.717) is 12.6 Å². The SMILES string of the molecule is NCc1cncn1C1CCCNCC1. The van der Waals surface area contributed by atoms with Gasteiger partial charge in [0, 0.05) is 18.8 Å². The Labute approximate surface area is 84.5 Å². The fourth-order valence-corrected chi connectivity index (χ4v) is 2.10. The smallest absolute Gasteiger partial charge is 0.0951 e. The molecule has 1 aromatic rings. The number of hydrogen-bond acceptors (Lipinski definition) is 3. The lowest BCUT2D eigenvalue weighted by atomic mass is 10.1. The van der Waals surface area contributed by atoms with E-state index in [0.717, 1.165) is 18.8 Å². The fourth-order valence-electron chi connectivity index (χ4n) is 2.10. The summed E-state index contributed by atoms with van der Waals surface area (Å²) in [7, 11) is 0. The maximum atomic E-state index is 5.66. The molecule has 4 nitrogen and oxygen atoms in total. The molecule has 3 N–H and O–H groups in total. The summed E-state index contributed by atoms with van der Waals surface area (Å²) < 4.78 is 2.24. The average molecular weight is 194 g/mol. The zero-order chi connectivity index (χ0) is 9.80. The van der Waals surface area contributed by atoms with E-state index >= 15 is 0 Å². The number of nitrogens with one attached hydrogen (secondary N) is 1. The van der Waals surface area contributed by atoms with Crippen molar-refractivity contribution in [2.45, 2.75) is 31.8 Å². The van der Waals surface area contributed by atoms with Gasteiger partial charge in [-0.15, -0.1) is 0 Å². The van der Waals surface area contributed by atoms with Crippen molar-refractivity contribution in [3.8, 4) is 0 Å². The van der Waals surface area contributed by atoms with E-state index in [1.54, 1.807) is 0 Å². The number of imidazole rings is 1. The highest BCUT2D eigenvalue weighted by molar-refractivity contribution is 5.00. The van der Waals surface area contributed by atoms with E-state index in [1.165, 1.54) is 19.3 Å². The Bertz CT molecular complexity index is 273. The van der Waals surface area contributed by atoms with Crippen LogP contribution in [0.25, 0.3) is 0 Å². The van der Waals surface area contributed by atoms with Crippen LogP contribution < -0.4 is 11.1 Å². The van der Waals surface area contributed by atoms with E-state index in [-0.39, 0.29) is 0 Å². The van der Waals surface area contributed by atoms with Crippen LogP contribution in [0.2, 0.25) is 0 Å². The van der Waals surface area contributed by atoms with Crippen LogP contribution in [0.5, 0.6) is 0 Å². The molecule has 1 fully saturated rings. The minimum absolute atomic E-state index is 0.587. The zero-order valence-corrected chi connectivity index (χ0v) is 8.45. The van der Waals surface area contributed by atoms with Gasteiger partial charge < -0.3 is 15.6 Å². The van der Waals surface area contributed by atoms with Crippen LogP contribution in [-0.2, 0) is 6.54 Å². The fraction of sp³-hybridized carbons (Fsp3) is 0.700. The number of nitrogens with zero attached hydrogens (tertiary/aromatic N) is 2. The predicted molar refractivity (Wildman–Crippen MR) is 55.9 cm³/mol. The molecule has 0 aromatic carbocycles. The summed E-state index contributed by atoms with van der Waals surface area (Å²) in [4.78, 5) is 4.16. The molecule has 2 heterocycles. The first-order valence-electron chi connectivity index (χ1n) is 5.33. The second-order valence-corrected chi connectivity index (χ2v) is 3.83. The van der Waals surface area contributed by atoms with Crippen molar-refractivity contribution in [1.29, 1.82) is 0 Å². The molecule has 0 bridgehead atoms. The van der Waals surface area contributed by atoms with Crippen molar-refractivity contribution >= 4 is 0 Å². The number of nitrogens with two attached hydrogens (primary N) is 1. The van der Waals surface area contributed by atoms with Gasteiger partial charge in [0.05, 0.1) is 12.0 Å². The van der Waals surface area contributed by atoms with E-state index in [4.69, 9.17) is 5.73 Å². The van der Waals surface area contributed by atoms with Gasteiger partial charge in [0.2, 0.25) is 0 Å².